The van der Waals surface area contributed by atoms with Crippen LogP contribution in [-0.2, 0) is 4.74 Å². The normalized spacial score (nSPS) is 14.8. The number of thiophene rings is 1. The molecule has 1 aliphatic heterocycles. The van der Waals surface area contributed by atoms with Crippen LogP contribution in [0.2, 0.25) is 0 Å². The number of anilines is 1. The van der Waals surface area contributed by atoms with Gasteiger partial charge in [0, 0.05) is 25.7 Å². The summed E-state index contributed by atoms with van der Waals surface area (Å²) >= 11 is 1.36. The molecule has 0 saturated carbocycles. The van der Waals surface area contributed by atoms with Crippen molar-refractivity contribution < 1.29 is 9.53 Å². The molecule has 0 unspecified atom stereocenters. The van der Waals surface area contributed by atoms with Gasteiger partial charge < -0.3 is 15.0 Å². The summed E-state index contributed by atoms with van der Waals surface area (Å²) in [5, 5.41) is 3.48. The maximum absolute atomic E-state index is 12.0. The number of amides is 1. The van der Waals surface area contributed by atoms with Gasteiger partial charge in [-0.25, -0.2) is 4.85 Å². The number of nitrogens with one attached hydrogen (secondary N) is 1. The topological polar surface area (TPSA) is 45.9 Å². The summed E-state index contributed by atoms with van der Waals surface area (Å²) < 4.78 is 5.34. The first kappa shape index (κ1) is 14.6. The van der Waals surface area contributed by atoms with Crippen molar-refractivity contribution in [1.82, 2.24) is 5.32 Å². The van der Waals surface area contributed by atoms with Crippen molar-refractivity contribution >= 4 is 33.5 Å². The zero-order valence-corrected chi connectivity index (χ0v) is 12.5. The fraction of sp³-hybridized carbons (Fsp3) is 0.429. The zero-order chi connectivity index (χ0) is 14.7. The van der Waals surface area contributed by atoms with Gasteiger partial charge in [0.25, 0.3) is 5.91 Å². The Morgan fingerprint density at radius 3 is 2.65 bits per heavy atom. The highest BCUT2D eigenvalue weighted by Gasteiger charge is 2.26. The quantitative estimate of drug-likeness (QED) is 0.871. The van der Waals surface area contributed by atoms with E-state index in [1.807, 2.05) is 6.92 Å². The number of carbonyl (C=O) groups is 1. The van der Waals surface area contributed by atoms with Gasteiger partial charge in [-0.3, -0.25) is 4.79 Å². The molecule has 5 nitrogen and oxygen atoms in total. The molecule has 0 spiro atoms. The van der Waals surface area contributed by atoms with Gasteiger partial charge >= 0.3 is 0 Å². The molecular formula is C14H17N3O2S. The third-order valence-corrected chi connectivity index (χ3v) is 4.37. The third-order valence-electron chi connectivity index (χ3n) is 3.14. The van der Waals surface area contributed by atoms with Gasteiger partial charge in [-0.1, -0.05) is 12.2 Å². The summed E-state index contributed by atoms with van der Waals surface area (Å²) in [6.45, 7) is 16.0. The van der Waals surface area contributed by atoms with Crippen molar-refractivity contribution in [2.24, 2.45) is 0 Å². The van der Waals surface area contributed by atoms with Crippen LogP contribution in [0, 0.1) is 6.57 Å². The first-order valence-electron chi connectivity index (χ1n) is 6.35. The van der Waals surface area contributed by atoms with Crippen LogP contribution >= 0.6 is 11.3 Å². The lowest BCUT2D eigenvalue weighted by Crippen LogP contribution is -2.35. The van der Waals surface area contributed by atoms with Crippen LogP contribution in [0.25, 0.3) is 10.4 Å². The van der Waals surface area contributed by atoms with Crippen LogP contribution < -0.4 is 10.2 Å². The number of ether oxygens (including phenoxy) is 1. The standard InChI is InChI=1S/C14H17N3O2S/c1-9(2)10-11(15-3)14(17-5-7-19-8-6-17)20-12(10)13(18)16-4/h1,5-8H2,2,4H3,(H,16,18). The van der Waals surface area contributed by atoms with Gasteiger partial charge in [-0.05, 0) is 6.92 Å². The Bertz CT molecular complexity index is 580. The molecule has 1 fully saturated rings. The number of rotatable bonds is 3. The number of hydrogen-bond acceptors (Lipinski definition) is 4. The first-order chi connectivity index (χ1) is 9.60. The Morgan fingerprint density at radius 2 is 2.15 bits per heavy atom. The Morgan fingerprint density at radius 1 is 1.50 bits per heavy atom. The van der Waals surface area contributed by atoms with Gasteiger partial charge in [0.05, 0.1) is 29.7 Å². The molecular weight excluding hydrogens is 274 g/mol. The number of morpholine rings is 1. The average molecular weight is 291 g/mol. The largest absolute Gasteiger partial charge is 0.378 e. The van der Waals surface area contributed by atoms with Crippen molar-refractivity contribution in [3.05, 3.63) is 28.4 Å². The maximum Gasteiger partial charge on any atom is 0.260 e. The summed E-state index contributed by atoms with van der Waals surface area (Å²) in [5.41, 5.74) is 1.94. The van der Waals surface area contributed by atoms with Crippen LogP contribution in [0.1, 0.15) is 22.2 Å². The van der Waals surface area contributed by atoms with E-state index in [1.165, 1.54) is 11.3 Å². The van der Waals surface area contributed by atoms with Crippen molar-refractivity contribution in [2.45, 2.75) is 6.92 Å². The molecule has 0 bridgehead atoms. The molecule has 1 aliphatic rings. The van der Waals surface area contributed by atoms with Crippen molar-refractivity contribution in [3.8, 4) is 0 Å². The maximum atomic E-state index is 12.0. The van der Waals surface area contributed by atoms with Crippen LogP contribution in [0.3, 0.4) is 0 Å². The van der Waals surface area contributed by atoms with E-state index in [1.54, 1.807) is 7.05 Å². The summed E-state index contributed by atoms with van der Waals surface area (Å²) in [4.78, 5) is 18.3. The summed E-state index contributed by atoms with van der Waals surface area (Å²) in [6, 6.07) is 0. The number of allylic oxidation sites excluding steroid dienone is 1. The molecule has 20 heavy (non-hydrogen) atoms. The van der Waals surface area contributed by atoms with Gasteiger partial charge in [0.15, 0.2) is 0 Å². The molecule has 6 heteroatoms. The van der Waals surface area contributed by atoms with Crippen LogP contribution in [0.15, 0.2) is 6.58 Å². The Labute approximate surface area is 122 Å². The van der Waals surface area contributed by atoms with E-state index >= 15 is 0 Å². The Balaban J connectivity index is 2.54. The predicted molar refractivity (Wildman–Crippen MR) is 81.7 cm³/mol. The molecule has 0 aliphatic carbocycles. The molecule has 1 aromatic rings. The van der Waals surface area contributed by atoms with Crippen LogP contribution in [0.5, 0.6) is 0 Å². The lowest BCUT2D eigenvalue weighted by atomic mass is 10.1. The predicted octanol–water partition coefficient (Wildman–Crippen LogP) is 2.53. The summed E-state index contributed by atoms with van der Waals surface area (Å²) in [5.74, 6) is -0.169. The molecule has 1 N–H and O–H groups in total. The van der Waals surface area contributed by atoms with E-state index in [-0.39, 0.29) is 5.91 Å². The highest BCUT2D eigenvalue weighted by atomic mass is 32.1. The molecule has 1 aromatic heterocycles. The SMILES string of the molecule is [C-]#[N+]c1c(N2CCOCC2)sc(C(=O)NC)c1C(=C)C. The van der Waals surface area contributed by atoms with Crippen LogP contribution in [0.4, 0.5) is 10.7 Å². The second-order valence-corrected chi connectivity index (χ2v) is 5.53. The zero-order valence-electron chi connectivity index (χ0n) is 11.7. The summed E-state index contributed by atoms with van der Waals surface area (Å²) in [7, 11) is 1.59. The van der Waals surface area contributed by atoms with E-state index in [0.717, 1.165) is 23.7 Å². The monoisotopic (exact) mass is 291 g/mol. The molecule has 0 radical (unpaired) electrons. The second kappa shape index (κ2) is 6.07. The fourth-order valence-electron chi connectivity index (χ4n) is 2.16. The minimum atomic E-state index is -0.169. The molecule has 1 amide bonds. The van der Waals surface area contributed by atoms with E-state index in [0.29, 0.717) is 29.3 Å². The lowest BCUT2D eigenvalue weighted by molar-refractivity contribution is 0.0967. The first-order valence-corrected chi connectivity index (χ1v) is 7.16. The Kier molecular flexibility index (Phi) is 4.42. The smallest absolute Gasteiger partial charge is 0.260 e. The van der Waals surface area contributed by atoms with Crippen molar-refractivity contribution in [3.63, 3.8) is 0 Å². The van der Waals surface area contributed by atoms with Gasteiger partial charge in [-0.2, -0.15) is 0 Å². The molecule has 0 atom stereocenters. The van der Waals surface area contributed by atoms with E-state index in [4.69, 9.17) is 11.3 Å². The van der Waals surface area contributed by atoms with Crippen molar-refractivity contribution in [1.29, 1.82) is 0 Å². The fourth-order valence-corrected chi connectivity index (χ4v) is 3.48. The highest BCUT2D eigenvalue weighted by Crippen LogP contribution is 2.45. The van der Waals surface area contributed by atoms with Crippen LogP contribution in [-0.4, -0.2) is 39.3 Å². The summed E-state index contributed by atoms with van der Waals surface area (Å²) in [6.07, 6.45) is 0. The average Bonchev–Trinajstić information content (AvgIpc) is 2.87. The van der Waals surface area contributed by atoms with Gasteiger partial charge in [0.2, 0.25) is 5.69 Å². The van der Waals surface area contributed by atoms with E-state index in [9.17, 15) is 4.79 Å². The third kappa shape index (κ3) is 2.55. The molecule has 2 rings (SSSR count). The molecule has 1 saturated heterocycles. The van der Waals surface area contributed by atoms with Gasteiger partial charge in [-0.15, -0.1) is 11.3 Å². The second-order valence-electron chi connectivity index (χ2n) is 4.53. The van der Waals surface area contributed by atoms with Gasteiger partial charge in [0.1, 0.15) is 0 Å². The number of carbonyl (C=O) groups excluding carboxylic acids is 1. The van der Waals surface area contributed by atoms with Crippen molar-refractivity contribution in [2.75, 3.05) is 38.3 Å². The highest BCUT2D eigenvalue weighted by molar-refractivity contribution is 7.19. The molecule has 106 valence electrons. The number of hydrogen-bond donors (Lipinski definition) is 1. The molecule has 0 aromatic carbocycles. The lowest BCUT2D eigenvalue weighted by Gasteiger charge is -2.28. The molecule has 2 heterocycles. The minimum absolute atomic E-state index is 0.169. The van der Waals surface area contributed by atoms with E-state index < -0.39 is 0 Å². The Hall–Kier alpha value is -1.84. The number of nitrogens with zero attached hydrogens (tertiary/aromatic N) is 2. The minimum Gasteiger partial charge on any atom is -0.378 e. The van der Waals surface area contributed by atoms with E-state index in [2.05, 4.69) is 21.6 Å².